The molecular formula is C11H10N2O2S. The highest BCUT2D eigenvalue weighted by Crippen LogP contribution is 2.17. The number of hydrogen-bond acceptors (Lipinski definition) is 4. The Morgan fingerprint density at radius 1 is 1.12 bits per heavy atom. The van der Waals surface area contributed by atoms with Crippen molar-refractivity contribution in [3.05, 3.63) is 47.8 Å². The lowest BCUT2D eigenvalue weighted by molar-refractivity contribution is 0.204. The van der Waals surface area contributed by atoms with Crippen LogP contribution in [0.1, 0.15) is 0 Å². The molecule has 0 bridgehead atoms. The number of benzene rings is 1. The zero-order valence-corrected chi connectivity index (χ0v) is 9.16. The summed E-state index contributed by atoms with van der Waals surface area (Å²) in [5.74, 6) is 0. The molecule has 0 unspecified atom stereocenters. The summed E-state index contributed by atoms with van der Waals surface area (Å²) in [5.41, 5.74) is 5.97. The Morgan fingerprint density at radius 2 is 1.94 bits per heavy atom. The minimum atomic E-state index is -0.536. The van der Waals surface area contributed by atoms with Gasteiger partial charge in [-0.3, -0.25) is 5.43 Å². The monoisotopic (exact) mass is 234 g/mol. The van der Waals surface area contributed by atoms with Gasteiger partial charge in [0.05, 0.1) is 5.69 Å². The van der Waals surface area contributed by atoms with Crippen molar-refractivity contribution in [2.45, 2.75) is 0 Å². The summed E-state index contributed by atoms with van der Waals surface area (Å²) in [5, 5.41) is 2.40. The largest absolute Gasteiger partial charge is 0.432 e. The van der Waals surface area contributed by atoms with Crippen LogP contribution in [0.25, 0.3) is 0 Å². The van der Waals surface area contributed by atoms with E-state index < -0.39 is 6.09 Å². The van der Waals surface area contributed by atoms with E-state index in [1.165, 1.54) is 11.3 Å². The molecule has 5 heteroatoms. The molecule has 0 aliphatic heterocycles. The van der Waals surface area contributed by atoms with Gasteiger partial charge in [0, 0.05) is 0 Å². The molecule has 0 spiro atoms. The molecule has 0 radical (unpaired) electrons. The fourth-order valence-corrected chi connectivity index (χ4v) is 1.66. The third-order valence-electron chi connectivity index (χ3n) is 1.77. The van der Waals surface area contributed by atoms with E-state index in [0.29, 0.717) is 5.06 Å². The number of rotatable bonds is 3. The van der Waals surface area contributed by atoms with Gasteiger partial charge in [-0.25, -0.2) is 10.2 Å². The van der Waals surface area contributed by atoms with Gasteiger partial charge in [-0.15, -0.1) is 11.3 Å². The van der Waals surface area contributed by atoms with Crippen LogP contribution in [0.4, 0.5) is 10.5 Å². The van der Waals surface area contributed by atoms with Crippen LogP contribution in [-0.4, -0.2) is 6.09 Å². The molecule has 2 aromatic rings. The first-order valence-electron chi connectivity index (χ1n) is 4.67. The number of anilines is 1. The van der Waals surface area contributed by atoms with Crippen LogP contribution in [0.2, 0.25) is 0 Å². The van der Waals surface area contributed by atoms with Crippen molar-refractivity contribution >= 4 is 23.1 Å². The molecule has 0 atom stereocenters. The lowest BCUT2D eigenvalue weighted by Gasteiger charge is -2.07. The summed E-state index contributed by atoms with van der Waals surface area (Å²) in [6, 6.07) is 12.9. The van der Waals surface area contributed by atoms with Crippen LogP contribution in [-0.2, 0) is 0 Å². The van der Waals surface area contributed by atoms with Crippen LogP contribution in [0.15, 0.2) is 47.8 Å². The fourth-order valence-electron chi connectivity index (χ4n) is 1.08. The molecule has 2 N–H and O–H groups in total. The second kappa shape index (κ2) is 5.18. The van der Waals surface area contributed by atoms with Crippen molar-refractivity contribution in [1.29, 1.82) is 0 Å². The van der Waals surface area contributed by atoms with E-state index in [9.17, 15) is 4.79 Å². The predicted molar refractivity (Wildman–Crippen MR) is 63.5 cm³/mol. The Balaban J connectivity index is 1.80. The van der Waals surface area contributed by atoms with Crippen LogP contribution >= 0.6 is 11.3 Å². The SMILES string of the molecule is O=C(NNc1ccccc1)Oc1cccs1. The Labute approximate surface area is 96.8 Å². The first kappa shape index (κ1) is 10.5. The van der Waals surface area contributed by atoms with Crippen LogP contribution < -0.4 is 15.6 Å². The van der Waals surface area contributed by atoms with Crippen molar-refractivity contribution in [3.63, 3.8) is 0 Å². The lowest BCUT2D eigenvalue weighted by atomic mass is 10.3. The number of para-hydroxylation sites is 1. The number of carbonyl (C=O) groups is 1. The summed E-state index contributed by atoms with van der Waals surface area (Å²) in [6.45, 7) is 0. The van der Waals surface area contributed by atoms with Crippen LogP contribution in [0, 0.1) is 0 Å². The number of hydrazine groups is 1. The smallest absolute Gasteiger partial charge is 0.398 e. The highest BCUT2D eigenvalue weighted by Gasteiger charge is 2.03. The molecule has 16 heavy (non-hydrogen) atoms. The molecule has 1 amide bonds. The summed E-state index contributed by atoms with van der Waals surface area (Å²) >= 11 is 1.36. The van der Waals surface area contributed by atoms with E-state index in [-0.39, 0.29) is 0 Å². The first-order valence-corrected chi connectivity index (χ1v) is 5.55. The Morgan fingerprint density at radius 3 is 2.62 bits per heavy atom. The average Bonchev–Trinajstić information content (AvgIpc) is 2.81. The number of carbonyl (C=O) groups excluding carboxylic acids is 1. The van der Waals surface area contributed by atoms with Gasteiger partial charge in [0.2, 0.25) is 0 Å². The molecule has 0 saturated heterocycles. The minimum Gasteiger partial charge on any atom is -0.398 e. The van der Waals surface area contributed by atoms with Crippen molar-refractivity contribution in [1.82, 2.24) is 5.43 Å². The normalized spacial score (nSPS) is 9.50. The second-order valence-electron chi connectivity index (χ2n) is 2.94. The van der Waals surface area contributed by atoms with Crippen molar-refractivity contribution in [2.24, 2.45) is 0 Å². The van der Waals surface area contributed by atoms with E-state index in [1.54, 1.807) is 6.07 Å². The van der Waals surface area contributed by atoms with Crippen molar-refractivity contribution in [3.8, 4) is 5.06 Å². The van der Waals surface area contributed by atoms with E-state index in [2.05, 4.69) is 10.9 Å². The van der Waals surface area contributed by atoms with Gasteiger partial charge in [-0.05, 0) is 29.6 Å². The topological polar surface area (TPSA) is 50.4 Å². The maximum absolute atomic E-state index is 11.3. The highest BCUT2D eigenvalue weighted by atomic mass is 32.1. The fraction of sp³-hybridized carbons (Fsp3) is 0. The van der Waals surface area contributed by atoms with Gasteiger partial charge < -0.3 is 4.74 Å². The van der Waals surface area contributed by atoms with E-state index >= 15 is 0 Å². The highest BCUT2D eigenvalue weighted by molar-refractivity contribution is 7.11. The third kappa shape index (κ3) is 2.99. The van der Waals surface area contributed by atoms with E-state index in [4.69, 9.17) is 4.74 Å². The summed E-state index contributed by atoms with van der Waals surface area (Å²) < 4.78 is 4.98. The average molecular weight is 234 g/mol. The van der Waals surface area contributed by atoms with Crippen molar-refractivity contribution in [2.75, 3.05) is 5.43 Å². The number of amides is 1. The Bertz CT molecular complexity index is 442. The third-order valence-corrected chi connectivity index (χ3v) is 2.52. The van der Waals surface area contributed by atoms with Gasteiger partial charge in [-0.2, -0.15) is 0 Å². The van der Waals surface area contributed by atoms with Gasteiger partial charge in [-0.1, -0.05) is 18.2 Å². The molecule has 1 aromatic carbocycles. The second-order valence-corrected chi connectivity index (χ2v) is 3.85. The van der Waals surface area contributed by atoms with E-state index in [0.717, 1.165) is 5.69 Å². The standard InChI is InChI=1S/C11H10N2O2S/c14-11(15-10-7-4-8-16-10)13-12-9-5-2-1-3-6-9/h1-8,12H,(H,13,14). The Hall–Kier alpha value is -2.01. The zero-order valence-electron chi connectivity index (χ0n) is 8.34. The van der Waals surface area contributed by atoms with Gasteiger partial charge >= 0.3 is 6.09 Å². The van der Waals surface area contributed by atoms with Gasteiger partial charge in [0.1, 0.15) is 0 Å². The summed E-state index contributed by atoms with van der Waals surface area (Å²) in [4.78, 5) is 11.3. The number of nitrogens with one attached hydrogen (secondary N) is 2. The molecular weight excluding hydrogens is 224 g/mol. The maximum atomic E-state index is 11.3. The molecule has 0 fully saturated rings. The molecule has 2 rings (SSSR count). The van der Waals surface area contributed by atoms with Gasteiger partial charge in [0.15, 0.2) is 5.06 Å². The maximum Gasteiger partial charge on any atom is 0.432 e. The quantitative estimate of drug-likeness (QED) is 0.803. The molecule has 1 aromatic heterocycles. The number of hydrogen-bond donors (Lipinski definition) is 2. The first-order chi connectivity index (χ1) is 7.84. The summed E-state index contributed by atoms with van der Waals surface area (Å²) in [7, 11) is 0. The number of ether oxygens (including phenoxy) is 1. The Kier molecular flexibility index (Phi) is 3.40. The minimum absolute atomic E-state index is 0.536. The molecule has 82 valence electrons. The predicted octanol–water partition coefficient (Wildman–Crippen LogP) is 2.86. The van der Waals surface area contributed by atoms with Crippen molar-refractivity contribution < 1.29 is 9.53 Å². The lowest BCUT2D eigenvalue weighted by Crippen LogP contribution is -2.31. The number of thiophene rings is 1. The molecule has 1 heterocycles. The van der Waals surface area contributed by atoms with Crippen LogP contribution in [0.3, 0.4) is 0 Å². The molecule has 0 aliphatic rings. The van der Waals surface area contributed by atoms with Crippen LogP contribution in [0.5, 0.6) is 5.06 Å². The molecule has 0 saturated carbocycles. The molecule has 0 aliphatic carbocycles. The molecule has 4 nitrogen and oxygen atoms in total. The van der Waals surface area contributed by atoms with E-state index in [1.807, 2.05) is 41.8 Å². The zero-order chi connectivity index (χ0) is 11.2. The van der Waals surface area contributed by atoms with Gasteiger partial charge in [0.25, 0.3) is 0 Å². The summed E-state index contributed by atoms with van der Waals surface area (Å²) in [6.07, 6.45) is -0.536.